The Hall–Kier alpha value is -1.57. The van der Waals surface area contributed by atoms with E-state index in [2.05, 4.69) is 37.3 Å². The molecule has 1 aliphatic carbocycles. The molecule has 1 aromatic rings. The average molecular weight is 242 g/mol. The SMILES string of the molecule is C[C@@H]1C(=O)OC2=CC(C)(c3ccccc3)CCC21. The van der Waals surface area contributed by atoms with Crippen molar-refractivity contribution in [1.29, 1.82) is 0 Å². The lowest BCUT2D eigenvalue weighted by atomic mass is 9.70. The Morgan fingerprint density at radius 2 is 2.00 bits per heavy atom. The van der Waals surface area contributed by atoms with Crippen LogP contribution in [0.15, 0.2) is 42.2 Å². The standard InChI is InChI=1S/C16H18O2/c1-11-13-8-9-16(2,10-14(13)18-15(11)17)12-6-4-3-5-7-12/h3-7,10-11,13H,8-9H2,1-2H3/t11-,13?,16?/m0/s1. The Labute approximate surface area is 108 Å². The van der Waals surface area contributed by atoms with E-state index >= 15 is 0 Å². The summed E-state index contributed by atoms with van der Waals surface area (Å²) in [5, 5.41) is 0. The first-order chi connectivity index (χ1) is 8.60. The fraction of sp³-hybridized carbons (Fsp3) is 0.438. The summed E-state index contributed by atoms with van der Waals surface area (Å²) in [6.45, 7) is 4.20. The first-order valence-electron chi connectivity index (χ1n) is 6.60. The third kappa shape index (κ3) is 1.67. The van der Waals surface area contributed by atoms with Gasteiger partial charge in [-0.15, -0.1) is 0 Å². The lowest BCUT2D eigenvalue weighted by molar-refractivity contribution is -0.138. The molecule has 2 aliphatic rings. The molecule has 0 aromatic heterocycles. The molecule has 94 valence electrons. The van der Waals surface area contributed by atoms with E-state index in [1.54, 1.807) is 0 Å². The smallest absolute Gasteiger partial charge is 0.314 e. The van der Waals surface area contributed by atoms with Crippen LogP contribution < -0.4 is 0 Å². The van der Waals surface area contributed by atoms with Gasteiger partial charge in [0.05, 0.1) is 5.92 Å². The van der Waals surface area contributed by atoms with E-state index in [4.69, 9.17) is 4.74 Å². The first kappa shape index (κ1) is 11.5. The van der Waals surface area contributed by atoms with Gasteiger partial charge in [0.25, 0.3) is 0 Å². The summed E-state index contributed by atoms with van der Waals surface area (Å²) in [6.07, 6.45) is 4.27. The van der Waals surface area contributed by atoms with Crippen molar-refractivity contribution in [2.24, 2.45) is 11.8 Å². The maximum atomic E-state index is 11.6. The molecular formula is C16H18O2. The van der Waals surface area contributed by atoms with Crippen molar-refractivity contribution in [2.75, 3.05) is 0 Å². The van der Waals surface area contributed by atoms with E-state index in [1.807, 2.05) is 13.0 Å². The Balaban J connectivity index is 1.98. The molecule has 2 heteroatoms. The number of fused-ring (bicyclic) bond motifs is 1. The number of rotatable bonds is 1. The van der Waals surface area contributed by atoms with Gasteiger partial charge in [0.2, 0.25) is 0 Å². The monoisotopic (exact) mass is 242 g/mol. The fourth-order valence-electron chi connectivity index (χ4n) is 3.11. The molecule has 1 saturated heterocycles. The largest absolute Gasteiger partial charge is 0.431 e. The van der Waals surface area contributed by atoms with Crippen molar-refractivity contribution in [1.82, 2.24) is 0 Å². The third-order valence-electron chi connectivity index (χ3n) is 4.43. The van der Waals surface area contributed by atoms with Gasteiger partial charge in [-0.2, -0.15) is 0 Å². The third-order valence-corrected chi connectivity index (χ3v) is 4.43. The van der Waals surface area contributed by atoms with Crippen molar-refractivity contribution >= 4 is 5.97 Å². The van der Waals surface area contributed by atoms with Crippen LogP contribution in [0, 0.1) is 11.8 Å². The van der Waals surface area contributed by atoms with Crippen molar-refractivity contribution in [3.63, 3.8) is 0 Å². The maximum Gasteiger partial charge on any atom is 0.314 e. The fourth-order valence-corrected chi connectivity index (χ4v) is 3.11. The summed E-state index contributed by atoms with van der Waals surface area (Å²) in [5.74, 6) is 1.15. The molecule has 3 atom stereocenters. The van der Waals surface area contributed by atoms with Crippen molar-refractivity contribution in [3.05, 3.63) is 47.7 Å². The molecule has 0 N–H and O–H groups in total. The van der Waals surface area contributed by atoms with Crippen LogP contribution in [0.4, 0.5) is 0 Å². The minimum Gasteiger partial charge on any atom is -0.431 e. The van der Waals surface area contributed by atoms with Gasteiger partial charge in [-0.3, -0.25) is 4.79 Å². The topological polar surface area (TPSA) is 26.3 Å². The molecule has 1 heterocycles. The Bertz CT molecular complexity index is 503. The number of carbonyl (C=O) groups excluding carboxylic acids is 1. The van der Waals surface area contributed by atoms with E-state index < -0.39 is 0 Å². The average Bonchev–Trinajstić information content (AvgIpc) is 2.65. The molecule has 1 aromatic carbocycles. The highest BCUT2D eigenvalue weighted by Gasteiger charge is 2.43. The first-order valence-corrected chi connectivity index (χ1v) is 6.60. The lowest BCUT2D eigenvalue weighted by Crippen LogP contribution is -2.27. The summed E-state index contributed by atoms with van der Waals surface area (Å²) < 4.78 is 5.42. The molecule has 3 rings (SSSR count). The number of benzene rings is 1. The molecule has 2 unspecified atom stereocenters. The van der Waals surface area contributed by atoms with E-state index in [0.29, 0.717) is 5.92 Å². The van der Waals surface area contributed by atoms with E-state index in [9.17, 15) is 4.79 Å². The van der Waals surface area contributed by atoms with E-state index in [-0.39, 0.29) is 17.3 Å². The quantitative estimate of drug-likeness (QED) is 0.705. The molecule has 0 spiro atoms. The molecule has 2 nitrogen and oxygen atoms in total. The molecular weight excluding hydrogens is 224 g/mol. The second-order valence-corrected chi connectivity index (χ2v) is 5.69. The van der Waals surface area contributed by atoms with Gasteiger partial charge in [0.15, 0.2) is 0 Å². The Morgan fingerprint density at radius 1 is 1.28 bits per heavy atom. The van der Waals surface area contributed by atoms with Crippen molar-refractivity contribution < 1.29 is 9.53 Å². The normalized spacial score (nSPS) is 34.8. The van der Waals surface area contributed by atoms with Crippen molar-refractivity contribution in [2.45, 2.75) is 32.1 Å². The second kappa shape index (κ2) is 3.98. The highest BCUT2D eigenvalue weighted by Crippen LogP contribution is 2.45. The van der Waals surface area contributed by atoms with Crippen LogP contribution in [0.1, 0.15) is 32.3 Å². The molecule has 1 fully saturated rings. The summed E-state index contributed by atoms with van der Waals surface area (Å²) in [6, 6.07) is 10.5. The number of hydrogen-bond acceptors (Lipinski definition) is 2. The zero-order valence-electron chi connectivity index (χ0n) is 10.8. The molecule has 0 radical (unpaired) electrons. The summed E-state index contributed by atoms with van der Waals surface area (Å²) in [5.41, 5.74) is 1.30. The second-order valence-electron chi connectivity index (χ2n) is 5.69. The highest BCUT2D eigenvalue weighted by atomic mass is 16.5. The molecule has 1 aliphatic heterocycles. The van der Waals surface area contributed by atoms with Gasteiger partial charge in [-0.05, 0) is 24.5 Å². The number of allylic oxidation sites excluding steroid dienone is 2. The van der Waals surface area contributed by atoms with Crippen LogP contribution in [0.5, 0.6) is 0 Å². The minimum atomic E-state index is -0.0661. The van der Waals surface area contributed by atoms with E-state index in [0.717, 1.165) is 18.6 Å². The molecule has 18 heavy (non-hydrogen) atoms. The van der Waals surface area contributed by atoms with Gasteiger partial charge in [0.1, 0.15) is 5.76 Å². The van der Waals surface area contributed by atoms with Crippen LogP contribution in [0.25, 0.3) is 0 Å². The van der Waals surface area contributed by atoms with Gasteiger partial charge in [0, 0.05) is 11.3 Å². The Kier molecular flexibility index (Phi) is 2.54. The zero-order chi connectivity index (χ0) is 12.8. The predicted octanol–water partition coefficient (Wildman–Crippen LogP) is 3.43. The number of ether oxygens (including phenoxy) is 1. The highest BCUT2D eigenvalue weighted by molar-refractivity contribution is 5.77. The molecule has 0 saturated carbocycles. The number of esters is 1. The molecule has 0 bridgehead atoms. The summed E-state index contributed by atoms with van der Waals surface area (Å²) >= 11 is 0. The summed E-state index contributed by atoms with van der Waals surface area (Å²) in [7, 11) is 0. The number of hydrogen-bond donors (Lipinski definition) is 0. The van der Waals surface area contributed by atoms with Crippen LogP contribution in [0.3, 0.4) is 0 Å². The van der Waals surface area contributed by atoms with Gasteiger partial charge < -0.3 is 4.74 Å². The lowest BCUT2D eigenvalue weighted by Gasteiger charge is -2.33. The van der Waals surface area contributed by atoms with Crippen LogP contribution in [-0.2, 0) is 14.9 Å². The molecule has 0 amide bonds. The summed E-state index contributed by atoms with van der Waals surface area (Å²) in [4.78, 5) is 11.6. The number of carbonyl (C=O) groups is 1. The van der Waals surface area contributed by atoms with Crippen molar-refractivity contribution in [3.8, 4) is 0 Å². The minimum absolute atomic E-state index is 0.00255. The van der Waals surface area contributed by atoms with Crippen LogP contribution in [-0.4, -0.2) is 5.97 Å². The predicted molar refractivity (Wildman–Crippen MR) is 69.9 cm³/mol. The van der Waals surface area contributed by atoms with E-state index in [1.165, 1.54) is 5.56 Å². The van der Waals surface area contributed by atoms with Crippen LogP contribution in [0.2, 0.25) is 0 Å². The van der Waals surface area contributed by atoms with Gasteiger partial charge in [-0.25, -0.2) is 0 Å². The van der Waals surface area contributed by atoms with Gasteiger partial charge in [-0.1, -0.05) is 44.2 Å². The zero-order valence-corrected chi connectivity index (χ0v) is 10.8. The van der Waals surface area contributed by atoms with Crippen LogP contribution >= 0.6 is 0 Å². The maximum absolute atomic E-state index is 11.6. The Morgan fingerprint density at radius 3 is 2.72 bits per heavy atom. The van der Waals surface area contributed by atoms with Gasteiger partial charge >= 0.3 is 5.97 Å².